The van der Waals surface area contributed by atoms with E-state index in [2.05, 4.69) is 22.5 Å². The Bertz CT molecular complexity index is 659. The number of pyridine rings is 1. The number of aromatic nitrogens is 1. The molecule has 1 amide bonds. The lowest BCUT2D eigenvalue weighted by molar-refractivity contribution is 0.0949. The van der Waals surface area contributed by atoms with Gasteiger partial charge in [-0.3, -0.25) is 9.78 Å². The first-order chi connectivity index (χ1) is 11.7. The van der Waals surface area contributed by atoms with Crippen LogP contribution in [0.1, 0.15) is 35.8 Å². The Morgan fingerprint density at radius 1 is 1.21 bits per heavy atom. The number of nitrogens with one attached hydrogen (secondary N) is 2. The molecule has 5 heteroatoms. The number of unbranched alkanes of at least 4 members (excludes halogenated alkanes) is 1. The summed E-state index contributed by atoms with van der Waals surface area (Å²) in [5, 5.41) is 6.21. The minimum Gasteiger partial charge on any atom is -0.496 e. The minimum absolute atomic E-state index is 0.163. The summed E-state index contributed by atoms with van der Waals surface area (Å²) in [5.74, 6) is 0.677. The van der Waals surface area contributed by atoms with Gasteiger partial charge in [-0.1, -0.05) is 31.5 Å². The number of methoxy groups -OCH3 is 1. The minimum atomic E-state index is -0.163. The number of anilines is 1. The van der Waals surface area contributed by atoms with Crippen LogP contribution in [0.5, 0.6) is 5.75 Å². The molecule has 0 aliphatic carbocycles. The van der Waals surface area contributed by atoms with Gasteiger partial charge in [0.15, 0.2) is 0 Å². The molecule has 0 spiro atoms. The van der Waals surface area contributed by atoms with Crippen molar-refractivity contribution in [1.29, 1.82) is 0 Å². The number of carbonyl (C=O) groups excluding carboxylic acids is 1. The van der Waals surface area contributed by atoms with Crippen LogP contribution >= 0.6 is 0 Å². The molecule has 1 aromatic carbocycles. The number of rotatable bonds is 9. The highest BCUT2D eigenvalue weighted by atomic mass is 16.5. The predicted octanol–water partition coefficient (Wildman–Crippen LogP) is 3.27. The zero-order valence-electron chi connectivity index (χ0n) is 14.3. The lowest BCUT2D eigenvalue weighted by atomic mass is 10.1. The lowest BCUT2D eigenvalue weighted by Crippen LogP contribution is -2.26. The number of ether oxygens (including phenoxy) is 1. The van der Waals surface area contributed by atoms with Gasteiger partial charge in [0.2, 0.25) is 0 Å². The van der Waals surface area contributed by atoms with Crippen LogP contribution in [0.3, 0.4) is 0 Å². The van der Waals surface area contributed by atoms with Gasteiger partial charge in [0, 0.05) is 25.0 Å². The van der Waals surface area contributed by atoms with E-state index < -0.39 is 0 Å². The SMILES string of the molecule is CCCCNc1ccnc(C(=O)NCCc2ccccc2OC)c1. The molecule has 0 fully saturated rings. The van der Waals surface area contributed by atoms with Gasteiger partial charge in [-0.05, 0) is 36.6 Å². The Labute approximate surface area is 143 Å². The van der Waals surface area contributed by atoms with Crippen molar-refractivity contribution in [2.75, 3.05) is 25.5 Å². The summed E-state index contributed by atoms with van der Waals surface area (Å²) >= 11 is 0. The maximum Gasteiger partial charge on any atom is 0.269 e. The molecule has 0 aliphatic heterocycles. The second-order valence-electron chi connectivity index (χ2n) is 5.53. The zero-order chi connectivity index (χ0) is 17.2. The molecule has 2 rings (SSSR count). The largest absolute Gasteiger partial charge is 0.496 e. The molecule has 128 valence electrons. The molecule has 0 bridgehead atoms. The van der Waals surface area contributed by atoms with Crippen LogP contribution in [0.2, 0.25) is 0 Å². The van der Waals surface area contributed by atoms with Crippen LogP contribution in [-0.2, 0) is 6.42 Å². The first-order valence-corrected chi connectivity index (χ1v) is 8.34. The summed E-state index contributed by atoms with van der Waals surface area (Å²) in [7, 11) is 1.65. The molecule has 1 aromatic heterocycles. The van der Waals surface area contributed by atoms with Crippen molar-refractivity contribution in [2.45, 2.75) is 26.2 Å². The predicted molar refractivity (Wildman–Crippen MR) is 96.7 cm³/mol. The van der Waals surface area contributed by atoms with Gasteiger partial charge in [-0.25, -0.2) is 0 Å². The van der Waals surface area contributed by atoms with E-state index in [1.165, 1.54) is 0 Å². The highest BCUT2D eigenvalue weighted by Crippen LogP contribution is 2.17. The average molecular weight is 327 g/mol. The van der Waals surface area contributed by atoms with E-state index in [1.54, 1.807) is 19.4 Å². The Balaban J connectivity index is 1.87. The van der Waals surface area contributed by atoms with Crippen molar-refractivity contribution < 1.29 is 9.53 Å². The Morgan fingerprint density at radius 2 is 2.04 bits per heavy atom. The summed E-state index contributed by atoms with van der Waals surface area (Å²) in [6.07, 6.45) is 4.60. The molecular weight excluding hydrogens is 302 g/mol. The summed E-state index contributed by atoms with van der Waals surface area (Å²) < 4.78 is 5.32. The molecule has 0 saturated heterocycles. The Hall–Kier alpha value is -2.56. The summed E-state index contributed by atoms with van der Waals surface area (Å²) in [6, 6.07) is 11.5. The van der Waals surface area contributed by atoms with Crippen molar-refractivity contribution in [3.8, 4) is 5.75 Å². The maximum absolute atomic E-state index is 12.2. The fraction of sp³-hybridized carbons (Fsp3) is 0.368. The van der Waals surface area contributed by atoms with Crippen LogP contribution in [0, 0.1) is 0 Å². The highest BCUT2D eigenvalue weighted by Gasteiger charge is 2.08. The number of nitrogens with zero attached hydrogens (tertiary/aromatic N) is 1. The number of amides is 1. The van der Waals surface area contributed by atoms with Gasteiger partial charge in [0.05, 0.1) is 7.11 Å². The number of para-hydroxylation sites is 1. The van der Waals surface area contributed by atoms with E-state index in [0.29, 0.717) is 18.7 Å². The van der Waals surface area contributed by atoms with Gasteiger partial charge in [0.1, 0.15) is 11.4 Å². The van der Waals surface area contributed by atoms with Gasteiger partial charge in [-0.2, -0.15) is 0 Å². The third kappa shape index (κ3) is 5.26. The molecule has 2 aromatic rings. The molecule has 5 nitrogen and oxygen atoms in total. The van der Waals surface area contributed by atoms with E-state index >= 15 is 0 Å². The van der Waals surface area contributed by atoms with Crippen LogP contribution in [-0.4, -0.2) is 31.1 Å². The standard InChI is InChI=1S/C19H25N3O2/c1-3-4-11-20-16-10-13-21-17(14-16)19(23)22-12-9-15-7-5-6-8-18(15)24-2/h5-8,10,13-14H,3-4,9,11-12H2,1-2H3,(H,20,21)(H,22,23). The third-order valence-corrected chi connectivity index (χ3v) is 3.72. The van der Waals surface area contributed by atoms with Gasteiger partial charge in [0.25, 0.3) is 5.91 Å². The van der Waals surface area contributed by atoms with Crippen LogP contribution < -0.4 is 15.4 Å². The maximum atomic E-state index is 12.2. The monoisotopic (exact) mass is 327 g/mol. The second-order valence-corrected chi connectivity index (χ2v) is 5.53. The fourth-order valence-corrected chi connectivity index (χ4v) is 2.38. The van der Waals surface area contributed by atoms with E-state index in [-0.39, 0.29) is 5.91 Å². The van der Waals surface area contributed by atoms with Crippen LogP contribution in [0.15, 0.2) is 42.6 Å². The number of hydrogen-bond acceptors (Lipinski definition) is 4. The molecule has 0 saturated carbocycles. The number of carbonyl (C=O) groups is 1. The quantitative estimate of drug-likeness (QED) is 0.694. The fourth-order valence-electron chi connectivity index (χ4n) is 2.38. The smallest absolute Gasteiger partial charge is 0.269 e. The molecule has 24 heavy (non-hydrogen) atoms. The van der Waals surface area contributed by atoms with Gasteiger partial charge >= 0.3 is 0 Å². The van der Waals surface area contributed by atoms with Crippen molar-refractivity contribution >= 4 is 11.6 Å². The molecule has 1 heterocycles. The average Bonchev–Trinajstić information content (AvgIpc) is 2.62. The lowest BCUT2D eigenvalue weighted by Gasteiger charge is -2.10. The van der Waals surface area contributed by atoms with E-state index in [4.69, 9.17) is 4.74 Å². The van der Waals surface area contributed by atoms with Crippen molar-refractivity contribution in [3.63, 3.8) is 0 Å². The van der Waals surface area contributed by atoms with E-state index in [9.17, 15) is 4.79 Å². The Morgan fingerprint density at radius 3 is 2.83 bits per heavy atom. The molecule has 0 unspecified atom stereocenters. The molecule has 0 aliphatic rings. The zero-order valence-corrected chi connectivity index (χ0v) is 14.3. The van der Waals surface area contributed by atoms with Crippen LogP contribution in [0.4, 0.5) is 5.69 Å². The second kappa shape index (κ2) is 9.55. The molecule has 2 N–H and O–H groups in total. The van der Waals surface area contributed by atoms with Gasteiger partial charge in [-0.15, -0.1) is 0 Å². The molecular formula is C19H25N3O2. The summed E-state index contributed by atoms with van der Waals surface area (Å²) in [6.45, 7) is 3.58. The first-order valence-electron chi connectivity index (χ1n) is 8.34. The summed E-state index contributed by atoms with van der Waals surface area (Å²) in [5.41, 5.74) is 2.42. The number of hydrogen-bond donors (Lipinski definition) is 2. The molecule has 0 radical (unpaired) electrons. The van der Waals surface area contributed by atoms with Crippen molar-refractivity contribution in [3.05, 3.63) is 53.9 Å². The third-order valence-electron chi connectivity index (χ3n) is 3.72. The topological polar surface area (TPSA) is 63.2 Å². The van der Waals surface area contributed by atoms with Gasteiger partial charge < -0.3 is 15.4 Å². The normalized spacial score (nSPS) is 10.2. The van der Waals surface area contributed by atoms with Crippen molar-refractivity contribution in [1.82, 2.24) is 10.3 Å². The number of benzene rings is 1. The van der Waals surface area contributed by atoms with E-state index in [0.717, 1.165) is 36.4 Å². The van der Waals surface area contributed by atoms with Crippen LogP contribution in [0.25, 0.3) is 0 Å². The first kappa shape index (κ1) is 17.8. The molecule has 0 atom stereocenters. The highest BCUT2D eigenvalue weighted by molar-refractivity contribution is 5.93. The summed E-state index contributed by atoms with van der Waals surface area (Å²) in [4.78, 5) is 16.4. The van der Waals surface area contributed by atoms with Crippen molar-refractivity contribution in [2.24, 2.45) is 0 Å². The Kier molecular flexibility index (Phi) is 7.08. The van der Waals surface area contributed by atoms with E-state index in [1.807, 2.05) is 30.3 Å².